The van der Waals surface area contributed by atoms with Crippen LogP contribution in [0.1, 0.15) is 34.6 Å². The number of carbonyl (C=O) groups is 2. The number of nitrogens with zero attached hydrogens (tertiary/aromatic N) is 1. The van der Waals surface area contributed by atoms with Crippen LogP contribution in [0.15, 0.2) is 12.1 Å². The summed E-state index contributed by atoms with van der Waals surface area (Å²) in [6, 6.07) is 3.36. The number of ketones is 1. The lowest BCUT2D eigenvalue weighted by molar-refractivity contribution is -0.136. The molecule has 0 bridgehead atoms. The second kappa shape index (κ2) is 4.68. The molecule has 1 heterocycles. The topological polar surface area (TPSA) is 67.3 Å². The number of carboxylic acids is 1. The molecule has 80 valence electrons. The van der Waals surface area contributed by atoms with Gasteiger partial charge in [-0.25, -0.2) is 0 Å². The van der Waals surface area contributed by atoms with Gasteiger partial charge >= 0.3 is 5.97 Å². The number of hydrogen-bond donors (Lipinski definition) is 1. The molecule has 0 aliphatic carbocycles. The van der Waals surface area contributed by atoms with Crippen molar-refractivity contribution in [3.8, 4) is 0 Å². The van der Waals surface area contributed by atoms with Gasteiger partial charge in [0.05, 0.1) is 6.42 Å². The van der Waals surface area contributed by atoms with E-state index in [2.05, 4.69) is 4.98 Å². The van der Waals surface area contributed by atoms with Crippen LogP contribution in [-0.4, -0.2) is 21.8 Å². The molecule has 4 nitrogen and oxygen atoms in total. The third kappa shape index (κ3) is 3.50. The summed E-state index contributed by atoms with van der Waals surface area (Å²) in [6.45, 7) is 3.61. The van der Waals surface area contributed by atoms with E-state index in [-0.39, 0.29) is 18.6 Å². The van der Waals surface area contributed by atoms with Crippen LogP contribution < -0.4 is 0 Å². The highest BCUT2D eigenvalue weighted by atomic mass is 16.4. The Balaban J connectivity index is 2.77. The Bertz CT molecular complexity index is 379. The van der Waals surface area contributed by atoms with Crippen molar-refractivity contribution in [2.45, 2.75) is 26.7 Å². The second-order valence-electron chi connectivity index (χ2n) is 3.46. The molecule has 0 radical (unpaired) electrons. The molecule has 1 rings (SSSR count). The minimum Gasteiger partial charge on any atom is -0.481 e. The first-order valence-corrected chi connectivity index (χ1v) is 4.69. The maximum Gasteiger partial charge on any atom is 0.303 e. The van der Waals surface area contributed by atoms with Gasteiger partial charge < -0.3 is 5.11 Å². The third-order valence-corrected chi connectivity index (χ3v) is 1.97. The summed E-state index contributed by atoms with van der Waals surface area (Å²) in [5, 5.41) is 8.45. The minimum absolute atomic E-state index is 0.0399. The predicted octanol–water partition coefficient (Wildman–Crippen LogP) is 1.75. The van der Waals surface area contributed by atoms with Gasteiger partial charge in [-0.05, 0) is 26.0 Å². The van der Waals surface area contributed by atoms with E-state index >= 15 is 0 Å². The lowest BCUT2D eigenvalue weighted by Crippen LogP contribution is -2.05. The highest BCUT2D eigenvalue weighted by Crippen LogP contribution is 2.09. The first-order chi connectivity index (χ1) is 6.99. The summed E-state index contributed by atoms with van der Waals surface area (Å²) < 4.78 is 0. The number of aliphatic carboxylic acids is 1. The van der Waals surface area contributed by atoms with Gasteiger partial charge in [-0.1, -0.05) is 0 Å². The molecule has 0 unspecified atom stereocenters. The molecule has 15 heavy (non-hydrogen) atoms. The normalized spacial score (nSPS) is 10.0. The SMILES string of the molecule is Cc1cc(C(=O)CCC(=O)O)cc(C)n1. The standard InChI is InChI=1S/C11H13NO3/c1-7-5-9(6-8(2)12-7)10(13)3-4-11(14)15/h5-6H,3-4H2,1-2H3,(H,14,15). The zero-order chi connectivity index (χ0) is 11.4. The number of pyridine rings is 1. The van der Waals surface area contributed by atoms with Gasteiger partial charge in [0.1, 0.15) is 0 Å². The summed E-state index contributed by atoms with van der Waals surface area (Å²) in [6.07, 6.45) is -0.0858. The molecule has 0 aliphatic rings. The van der Waals surface area contributed by atoms with E-state index in [9.17, 15) is 9.59 Å². The van der Waals surface area contributed by atoms with Crippen LogP contribution >= 0.6 is 0 Å². The molecule has 0 aromatic carbocycles. The Labute approximate surface area is 88.0 Å². The number of rotatable bonds is 4. The van der Waals surface area contributed by atoms with Gasteiger partial charge in [0.25, 0.3) is 0 Å². The third-order valence-electron chi connectivity index (χ3n) is 1.97. The highest BCUT2D eigenvalue weighted by Gasteiger charge is 2.09. The van der Waals surface area contributed by atoms with Gasteiger partial charge in [-0.3, -0.25) is 14.6 Å². The Morgan fingerprint density at radius 1 is 1.20 bits per heavy atom. The van der Waals surface area contributed by atoms with E-state index < -0.39 is 5.97 Å². The maximum absolute atomic E-state index is 11.6. The average molecular weight is 207 g/mol. The summed E-state index contributed by atoms with van der Waals surface area (Å²) in [5.41, 5.74) is 2.09. The van der Waals surface area contributed by atoms with Gasteiger partial charge in [-0.2, -0.15) is 0 Å². The van der Waals surface area contributed by atoms with E-state index in [4.69, 9.17) is 5.11 Å². The molecular weight excluding hydrogens is 194 g/mol. The second-order valence-corrected chi connectivity index (χ2v) is 3.46. The van der Waals surface area contributed by atoms with Crippen LogP contribution in [0.3, 0.4) is 0 Å². The van der Waals surface area contributed by atoms with E-state index in [1.165, 1.54) is 0 Å². The van der Waals surface area contributed by atoms with E-state index in [1.54, 1.807) is 26.0 Å². The molecule has 0 amide bonds. The first-order valence-electron chi connectivity index (χ1n) is 4.69. The van der Waals surface area contributed by atoms with Crippen LogP contribution in [0.4, 0.5) is 0 Å². The van der Waals surface area contributed by atoms with E-state index in [1.807, 2.05) is 0 Å². The highest BCUT2D eigenvalue weighted by molar-refractivity contribution is 5.97. The molecule has 0 fully saturated rings. The molecule has 1 N–H and O–H groups in total. The Kier molecular flexibility index (Phi) is 3.55. The van der Waals surface area contributed by atoms with Crippen molar-refractivity contribution in [1.82, 2.24) is 4.98 Å². The summed E-state index contributed by atoms with van der Waals surface area (Å²) in [4.78, 5) is 26.0. The first kappa shape index (κ1) is 11.4. The van der Waals surface area contributed by atoms with Gasteiger partial charge in [0.2, 0.25) is 0 Å². The van der Waals surface area contributed by atoms with Crippen molar-refractivity contribution < 1.29 is 14.7 Å². The van der Waals surface area contributed by atoms with Crippen molar-refractivity contribution in [1.29, 1.82) is 0 Å². The van der Waals surface area contributed by atoms with Crippen molar-refractivity contribution >= 4 is 11.8 Å². The van der Waals surface area contributed by atoms with E-state index in [0.717, 1.165) is 11.4 Å². The van der Waals surface area contributed by atoms with Gasteiger partial charge in [-0.15, -0.1) is 0 Å². The van der Waals surface area contributed by atoms with Gasteiger partial charge in [0.15, 0.2) is 5.78 Å². The molecule has 0 aliphatic heterocycles. The predicted molar refractivity (Wildman–Crippen MR) is 54.9 cm³/mol. The zero-order valence-corrected chi connectivity index (χ0v) is 8.78. The Morgan fingerprint density at radius 3 is 2.20 bits per heavy atom. The molecule has 4 heteroatoms. The number of hydrogen-bond acceptors (Lipinski definition) is 3. The lowest BCUT2D eigenvalue weighted by atomic mass is 10.1. The number of carbonyl (C=O) groups excluding carboxylic acids is 1. The average Bonchev–Trinajstić information content (AvgIpc) is 2.12. The Morgan fingerprint density at radius 2 is 1.73 bits per heavy atom. The molecule has 1 aromatic rings. The minimum atomic E-state index is -0.953. The van der Waals surface area contributed by atoms with Gasteiger partial charge in [0, 0.05) is 23.4 Å². The molecule has 1 aromatic heterocycles. The fraction of sp³-hybridized carbons (Fsp3) is 0.364. The van der Waals surface area contributed by atoms with Crippen LogP contribution in [0.25, 0.3) is 0 Å². The van der Waals surface area contributed by atoms with Crippen molar-refractivity contribution in [2.24, 2.45) is 0 Å². The van der Waals surface area contributed by atoms with Crippen LogP contribution in [0.2, 0.25) is 0 Å². The molecule has 0 spiro atoms. The van der Waals surface area contributed by atoms with Crippen LogP contribution in [0, 0.1) is 13.8 Å². The molecule has 0 saturated heterocycles. The van der Waals surface area contributed by atoms with Crippen molar-refractivity contribution in [3.05, 3.63) is 29.1 Å². The molecule has 0 saturated carbocycles. The summed E-state index contributed by atoms with van der Waals surface area (Å²) in [5.74, 6) is -1.10. The van der Waals surface area contributed by atoms with Crippen LogP contribution in [0.5, 0.6) is 0 Å². The summed E-state index contributed by atoms with van der Waals surface area (Å²) >= 11 is 0. The zero-order valence-electron chi connectivity index (χ0n) is 8.78. The number of Topliss-reactive ketones (excluding diaryl/α,β-unsaturated/α-hetero) is 1. The maximum atomic E-state index is 11.6. The monoisotopic (exact) mass is 207 g/mol. The lowest BCUT2D eigenvalue weighted by Gasteiger charge is -2.02. The smallest absolute Gasteiger partial charge is 0.303 e. The largest absolute Gasteiger partial charge is 0.481 e. The summed E-state index contributed by atoms with van der Waals surface area (Å²) in [7, 11) is 0. The van der Waals surface area contributed by atoms with E-state index in [0.29, 0.717) is 5.56 Å². The fourth-order valence-electron chi connectivity index (χ4n) is 1.36. The number of aryl methyl sites for hydroxylation is 2. The number of carboxylic acid groups (broad SMARTS) is 1. The Hall–Kier alpha value is -1.71. The van der Waals surface area contributed by atoms with Crippen molar-refractivity contribution in [3.63, 3.8) is 0 Å². The molecular formula is C11H13NO3. The van der Waals surface area contributed by atoms with Crippen molar-refractivity contribution in [2.75, 3.05) is 0 Å². The number of aromatic nitrogens is 1. The molecule has 0 atom stereocenters. The van der Waals surface area contributed by atoms with Crippen LogP contribution in [-0.2, 0) is 4.79 Å². The quantitative estimate of drug-likeness (QED) is 0.764. The fourth-order valence-corrected chi connectivity index (χ4v) is 1.36.